The Morgan fingerprint density at radius 3 is 2.76 bits per heavy atom. The smallest absolute Gasteiger partial charge is 0.249 e. The lowest BCUT2D eigenvalue weighted by Gasteiger charge is -2.08. The van der Waals surface area contributed by atoms with E-state index in [1.54, 1.807) is 30.3 Å². The molecule has 2 rings (SSSR count). The van der Waals surface area contributed by atoms with Gasteiger partial charge in [0.05, 0.1) is 16.8 Å². The maximum atomic E-state index is 5.97. The molecule has 0 amide bonds. The van der Waals surface area contributed by atoms with Crippen LogP contribution in [0.4, 0.5) is 0 Å². The number of nitrogens with two attached hydrogens (primary N) is 1. The van der Waals surface area contributed by atoms with Crippen LogP contribution in [0.2, 0.25) is 5.02 Å². The summed E-state index contributed by atoms with van der Waals surface area (Å²) < 4.78 is 5.53. The fourth-order valence-corrected chi connectivity index (χ4v) is 1.54. The van der Waals surface area contributed by atoms with Crippen LogP contribution >= 0.6 is 23.8 Å². The second-order valence-corrected chi connectivity index (χ2v) is 3.99. The fourth-order valence-electron chi connectivity index (χ4n) is 1.21. The van der Waals surface area contributed by atoms with E-state index in [0.717, 1.165) is 0 Å². The Morgan fingerprint density at radius 1 is 1.29 bits per heavy atom. The van der Waals surface area contributed by atoms with E-state index < -0.39 is 0 Å². The minimum Gasteiger partial charge on any atom is -0.435 e. The molecule has 2 aromatic rings. The molecule has 0 bridgehead atoms. The van der Waals surface area contributed by atoms with Gasteiger partial charge in [-0.1, -0.05) is 36.0 Å². The molecule has 1 aromatic heterocycles. The van der Waals surface area contributed by atoms with E-state index in [1.807, 2.05) is 0 Å². The van der Waals surface area contributed by atoms with Gasteiger partial charge >= 0.3 is 0 Å². The topological polar surface area (TPSA) is 61.0 Å². The summed E-state index contributed by atoms with van der Waals surface area (Å²) in [6, 6.07) is 8.69. The van der Waals surface area contributed by atoms with Gasteiger partial charge in [-0.3, -0.25) is 0 Å². The third kappa shape index (κ3) is 2.69. The Bertz CT molecular complexity index is 562. The van der Waals surface area contributed by atoms with E-state index in [0.29, 0.717) is 16.3 Å². The standard InChI is InChI=1S/C11H8ClN3OS/c12-8-3-1-2-4-9(8)16-11-7(10(13)17)5-6-14-15-11/h1-6H,(H2,13,17). The molecule has 0 aliphatic carbocycles. The van der Waals surface area contributed by atoms with Crippen LogP contribution in [-0.4, -0.2) is 15.2 Å². The molecule has 86 valence electrons. The highest BCUT2D eigenvalue weighted by Crippen LogP contribution is 2.28. The van der Waals surface area contributed by atoms with E-state index in [-0.39, 0.29) is 10.9 Å². The van der Waals surface area contributed by atoms with E-state index in [1.165, 1.54) is 6.20 Å². The summed E-state index contributed by atoms with van der Waals surface area (Å²) in [4.78, 5) is 0.196. The average Bonchev–Trinajstić information content (AvgIpc) is 2.32. The van der Waals surface area contributed by atoms with Gasteiger partial charge in [0.15, 0.2) is 0 Å². The molecule has 2 N–H and O–H groups in total. The van der Waals surface area contributed by atoms with Gasteiger partial charge in [0.1, 0.15) is 10.7 Å². The second-order valence-electron chi connectivity index (χ2n) is 3.15. The lowest BCUT2D eigenvalue weighted by molar-refractivity contribution is 0.454. The number of hydrogen-bond acceptors (Lipinski definition) is 4. The molecule has 0 atom stereocenters. The van der Waals surface area contributed by atoms with Gasteiger partial charge in [-0.2, -0.15) is 5.10 Å². The number of para-hydroxylation sites is 1. The zero-order valence-corrected chi connectivity index (χ0v) is 10.2. The molecule has 1 aromatic carbocycles. The van der Waals surface area contributed by atoms with Crippen molar-refractivity contribution in [1.29, 1.82) is 0 Å². The number of benzene rings is 1. The van der Waals surface area contributed by atoms with Crippen LogP contribution < -0.4 is 10.5 Å². The van der Waals surface area contributed by atoms with Gasteiger partial charge in [-0.15, -0.1) is 5.10 Å². The van der Waals surface area contributed by atoms with Crippen molar-refractivity contribution in [2.45, 2.75) is 0 Å². The molecule has 4 nitrogen and oxygen atoms in total. The first-order valence-electron chi connectivity index (χ1n) is 4.72. The van der Waals surface area contributed by atoms with Crippen molar-refractivity contribution in [1.82, 2.24) is 10.2 Å². The average molecular weight is 266 g/mol. The highest BCUT2D eigenvalue weighted by Gasteiger charge is 2.10. The number of ether oxygens (including phenoxy) is 1. The van der Waals surface area contributed by atoms with Gasteiger partial charge in [-0.05, 0) is 18.2 Å². The first kappa shape index (κ1) is 11.8. The highest BCUT2D eigenvalue weighted by molar-refractivity contribution is 7.80. The minimum atomic E-state index is 0.196. The summed E-state index contributed by atoms with van der Waals surface area (Å²) in [7, 11) is 0. The Kier molecular flexibility index (Phi) is 3.51. The van der Waals surface area contributed by atoms with Gasteiger partial charge in [0.25, 0.3) is 0 Å². The van der Waals surface area contributed by atoms with E-state index in [4.69, 9.17) is 34.3 Å². The molecule has 0 spiro atoms. The maximum absolute atomic E-state index is 5.97. The van der Waals surface area contributed by atoms with Crippen LogP contribution in [0.1, 0.15) is 5.56 Å². The van der Waals surface area contributed by atoms with Gasteiger partial charge in [-0.25, -0.2) is 0 Å². The van der Waals surface area contributed by atoms with E-state index in [9.17, 15) is 0 Å². The number of aromatic nitrogens is 2. The molecule has 0 aliphatic rings. The lowest BCUT2D eigenvalue weighted by Crippen LogP contribution is -2.12. The Balaban J connectivity index is 2.37. The Labute approximate surface area is 108 Å². The number of thiocarbonyl (C=S) groups is 1. The zero-order valence-electron chi connectivity index (χ0n) is 8.63. The van der Waals surface area contributed by atoms with E-state index >= 15 is 0 Å². The first-order valence-corrected chi connectivity index (χ1v) is 5.51. The summed E-state index contributed by atoms with van der Waals surface area (Å²) in [5.41, 5.74) is 6.08. The van der Waals surface area contributed by atoms with Crippen LogP contribution in [0.5, 0.6) is 11.6 Å². The van der Waals surface area contributed by atoms with Crippen molar-refractivity contribution in [2.24, 2.45) is 5.73 Å². The highest BCUT2D eigenvalue weighted by atomic mass is 35.5. The number of hydrogen-bond donors (Lipinski definition) is 1. The summed E-state index contributed by atoms with van der Waals surface area (Å²) in [5.74, 6) is 0.722. The monoisotopic (exact) mass is 265 g/mol. The van der Waals surface area contributed by atoms with Crippen molar-refractivity contribution in [2.75, 3.05) is 0 Å². The first-order chi connectivity index (χ1) is 8.18. The molecule has 0 saturated carbocycles. The predicted molar refractivity (Wildman–Crippen MR) is 69.4 cm³/mol. The lowest BCUT2D eigenvalue weighted by atomic mass is 10.3. The Morgan fingerprint density at radius 2 is 2.06 bits per heavy atom. The normalized spacial score (nSPS) is 9.94. The maximum Gasteiger partial charge on any atom is 0.249 e. The van der Waals surface area contributed by atoms with Gasteiger partial charge in [0.2, 0.25) is 5.88 Å². The summed E-state index contributed by atoms with van der Waals surface area (Å²) >= 11 is 10.9. The van der Waals surface area contributed by atoms with Crippen LogP contribution in [0.3, 0.4) is 0 Å². The van der Waals surface area contributed by atoms with Crippen LogP contribution in [0.15, 0.2) is 36.5 Å². The summed E-state index contributed by atoms with van der Waals surface area (Å²) in [6.07, 6.45) is 1.49. The van der Waals surface area contributed by atoms with Crippen molar-refractivity contribution in [3.8, 4) is 11.6 Å². The van der Waals surface area contributed by atoms with Crippen LogP contribution in [-0.2, 0) is 0 Å². The second kappa shape index (κ2) is 5.07. The van der Waals surface area contributed by atoms with Gasteiger partial charge in [0, 0.05) is 0 Å². The number of rotatable bonds is 3. The SMILES string of the molecule is NC(=S)c1ccnnc1Oc1ccccc1Cl. The van der Waals surface area contributed by atoms with Crippen molar-refractivity contribution in [3.63, 3.8) is 0 Å². The third-order valence-electron chi connectivity index (χ3n) is 2.00. The molecule has 17 heavy (non-hydrogen) atoms. The number of halogens is 1. The Hall–Kier alpha value is -1.72. The molecule has 0 unspecified atom stereocenters. The molecule has 0 saturated heterocycles. The molecule has 0 radical (unpaired) electrons. The van der Waals surface area contributed by atoms with Gasteiger partial charge < -0.3 is 10.5 Å². The third-order valence-corrected chi connectivity index (χ3v) is 2.53. The molecular formula is C11H8ClN3OS. The zero-order chi connectivity index (χ0) is 12.3. The van der Waals surface area contributed by atoms with Crippen molar-refractivity contribution >= 4 is 28.8 Å². The van der Waals surface area contributed by atoms with Crippen LogP contribution in [0, 0.1) is 0 Å². The fraction of sp³-hybridized carbons (Fsp3) is 0. The van der Waals surface area contributed by atoms with Crippen molar-refractivity contribution < 1.29 is 4.74 Å². The molecule has 0 fully saturated rings. The predicted octanol–water partition coefficient (Wildman–Crippen LogP) is 2.56. The quantitative estimate of drug-likeness (QED) is 0.865. The molecule has 6 heteroatoms. The van der Waals surface area contributed by atoms with E-state index in [2.05, 4.69) is 10.2 Å². The summed E-state index contributed by atoms with van der Waals surface area (Å²) in [5, 5.41) is 8.04. The molecule has 1 heterocycles. The number of nitrogens with zero attached hydrogens (tertiary/aromatic N) is 2. The minimum absolute atomic E-state index is 0.196. The molecule has 0 aliphatic heterocycles. The van der Waals surface area contributed by atoms with Crippen molar-refractivity contribution in [3.05, 3.63) is 47.1 Å². The summed E-state index contributed by atoms with van der Waals surface area (Å²) in [6.45, 7) is 0. The van der Waals surface area contributed by atoms with Crippen LogP contribution in [0.25, 0.3) is 0 Å². The molecular weight excluding hydrogens is 258 g/mol. The largest absolute Gasteiger partial charge is 0.435 e.